The van der Waals surface area contributed by atoms with Crippen LogP contribution < -0.4 is 0 Å². The molecule has 2 aromatic rings. The standard InChI is InChI=1S/C30H36O3S/c1-23-11-15-26(16-12-23)28(25-9-5-4-6-10-25)27-17-13-24(14-18-27)8-7-20-33-29(32)30(2,3)22-34-21-19-31/h4-6,9-18,23,31H,7-8,19-22H2,1-3H3. The Labute approximate surface area is 208 Å². The number of aliphatic hydroxyl groups is 1. The van der Waals surface area contributed by atoms with Crippen LogP contribution in [-0.2, 0) is 16.0 Å². The van der Waals surface area contributed by atoms with Gasteiger partial charge in [0.2, 0.25) is 0 Å². The monoisotopic (exact) mass is 476 g/mol. The molecule has 0 bridgehead atoms. The van der Waals surface area contributed by atoms with Crippen molar-refractivity contribution in [2.75, 3.05) is 24.7 Å². The molecule has 0 saturated heterocycles. The van der Waals surface area contributed by atoms with Crippen LogP contribution in [0.25, 0.3) is 5.57 Å². The van der Waals surface area contributed by atoms with Crippen LogP contribution in [0.15, 0.2) is 84.5 Å². The first-order valence-electron chi connectivity index (χ1n) is 12.0. The van der Waals surface area contributed by atoms with Gasteiger partial charge in [0.05, 0.1) is 18.6 Å². The Hall–Kier alpha value is -2.56. The highest BCUT2D eigenvalue weighted by Gasteiger charge is 2.29. The highest BCUT2D eigenvalue weighted by Crippen LogP contribution is 2.31. The number of benzene rings is 2. The molecule has 0 aliphatic heterocycles. The van der Waals surface area contributed by atoms with Crippen LogP contribution >= 0.6 is 11.8 Å². The van der Waals surface area contributed by atoms with Crippen molar-refractivity contribution in [1.82, 2.24) is 0 Å². The average Bonchev–Trinajstić information content (AvgIpc) is 2.85. The molecule has 0 fully saturated rings. The summed E-state index contributed by atoms with van der Waals surface area (Å²) in [5, 5.41) is 8.92. The topological polar surface area (TPSA) is 46.5 Å². The number of carbonyl (C=O) groups excluding carboxylic acids is 1. The molecule has 1 aliphatic carbocycles. The van der Waals surface area contributed by atoms with Crippen LogP contribution in [-0.4, -0.2) is 35.8 Å². The Morgan fingerprint density at radius 1 is 1.00 bits per heavy atom. The normalized spacial score (nSPS) is 15.4. The van der Waals surface area contributed by atoms with Gasteiger partial charge < -0.3 is 9.84 Å². The molecular weight excluding hydrogens is 440 g/mol. The van der Waals surface area contributed by atoms with Gasteiger partial charge in [0, 0.05) is 11.5 Å². The van der Waals surface area contributed by atoms with Gasteiger partial charge in [-0.2, -0.15) is 11.8 Å². The zero-order valence-electron chi connectivity index (χ0n) is 20.5. The zero-order chi connectivity index (χ0) is 24.4. The first-order valence-corrected chi connectivity index (χ1v) is 13.2. The van der Waals surface area contributed by atoms with E-state index in [4.69, 9.17) is 9.84 Å². The van der Waals surface area contributed by atoms with E-state index in [2.05, 4.69) is 79.8 Å². The average molecular weight is 477 g/mol. The number of hydrogen-bond donors (Lipinski definition) is 1. The lowest BCUT2D eigenvalue weighted by atomic mass is 9.89. The van der Waals surface area contributed by atoms with Crippen molar-refractivity contribution in [2.24, 2.45) is 11.3 Å². The van der Waals surface area contributed by atoms with Crippen molar-refractivity contribution in [3.8, 4) is 0 Å². The number of hydrogen-bond acceptors (Lipinski definition) is 4. The highest BCUT2D eigenvalue weighted by molar-refractivity contribution is 7.99. The highest BCUT2D eigenvalue weighted by atomic mass is 32.2. The summed E-state index contributed by atoms with van der Waals surface area (Å²) in [5.74, 6) is 1.58. The van der Waals surface area contributed by atoms with E-state index in [1.807, 2.05) is 19.9 Å². The summed E-state index contributed by atoms with van der Waals surface area (Å²) in [5.41, 5.74) is 5.56. The van der Waals surface area contributed by atoms with Gasteiger partial charge >= 0.3 is 5.97 Å². The first-order chi connectivity index (χ1) is 16.4. The van der Waals surface area contributed by atoms with E-state index in [9.17, 15) is 4.79 Å². The molecule has 1 N–H and O–H groups in total. The van der Waals surface area contributed by atoms with E-state index >= 15 is 0 Å². The van der Waals surface area contributed by atoms with Crippen LogP contribution in [0.3, 0.4) is 0 Å². The molecule has 34 heavy (non-hydrogen) atoms. The third kappa shape index (κ3) is 7.48. The SMILES string of the molecule is CC1C=CC(=C(c2ccccc2)c2ccc(CCCOC(=O)C(C)(C)CSCCO)cc2)C=C1. The number of rotatable bonds is 11. The number of esters is 1. The lowest BCUT2D eigenvalue weighted by Crippen LogP contribution is -2.29. The quantitative estimate of drug-likeness (QED) is 0.298. The van der Waals surface area contributed by atoms with Crippen molar-refractivity contribution in [1.29, 1.82) is 0 Å². The Morgan fingerprint density at radius 2 is 1.65 bits per heavy atom. The van der Waals surface area contributed by atoms with Crippen molar-refractivity contribution in [3.63, 3.8) is 0 Å². The molecule has 0 spiro atoms. The van der Waals surface area contributed by atoms with Crippen LogP contribution in [0.4, 0.5) is 0 Å². The van der Waals surface area contributed by atoms with Crippen LogP contribution in [0, 0.1) is 11.3 Å². The van der Waals surface area contributed by atoms with Crippen molar-refractivity contribution >= 4 is 23.3 Å². The van der Waals surface area contributed by atoms with E-state index in [1.54, 1.807) is 11.8 Å². The van der Waals surface area contributed by atoms with Gasteiger partial charge in [0.1, 0.15) is 0 Å². The largest absolute Gasteiger partial charge is 0.465 e. The van der Waals surface area contributed by atoms with E-state index in [-0.39, 0.29) is 12.6 Å². The van der Waals surface area contributed by atoms with Gasteiger partial charge in [-0.1, -0.05) is 85.8 Å². The Balaban J connectivity index is 1.61. The van der Waals surface area contributed by atoms with Crippen LogP contribution in [0.2, 0.25) is 0 Å². The molecule has 2 aromatic carbocycles. The number of allylic oxidation sites excluding steroid dienone is 5. The molecule has 4 heteroatoms. The Bertz CT molecular complexity index is 1000. The van der Waals surface area contributed by atoms with Crippen molar-refractivity contribution in [3.05, 3.63) is 101 Å². The van der Waals surface area contributed by atoms with Gasteiger partial charge in [0.25, 0.3) is 0 Å². The molecule has 3 nitrogen and oxygen atoms in total. The molecule has 0 heterocycles. The maximum atomic E-state index is 12.4. The van der Waals surface area contributed by atoms with E-state index in [0.717, 1.165) is 12.8 Å². The molecule has 0 aromatic heterocycles. The second-order valence-electron chi connectivity index (χ2n) is 9.37. The number of aliphatic hydroxyl groups excluding tert-OH is 1. The molecule has 180 valence electrons. The van der Waals surface area contributed by atoms with Crippen LogP contribution in [0.5, 0.6) is 0 Å². The second kappa shape index (κ2) is 12.8. The summed E-state index contributed by atoms with van der Waals surface area (Å²) >= 11 is 1.57. The molecule has 0 unspecified atom stereocenters. The summed E-state index contributed by atoms with van der Waals surface area (Å²) in [4.78, 5) is 12.4. The van der Waals surface area contributed by atoms with Gasteiger partial charge in [-0.25, -0.2) is 0 Å². The zero-order valence-corrected chi connectivity index (χ0v) is 21.3. The summed E-state index contributed by atoms with van der Waals surface area (Å²) in [7, 11) is 0. The van der Waals surface area contributed by atoms with Gasteiger partial charge in [-0.05, 0) is 60.4 Å². The molecule has 0 amide bonds. The lowest BCUT2D eigenvalue weighted by Gasteiger charge is -2.22. The number of aryl methyl sites for hydroxylation is 1. The van der Waals surface area contributed by atoms with Gasteiger partial charge in [0.15, 0.2) is 0 Å². The molecule has 3 rings (SSSR count). The minimum atomic E-state index is -0.539. The summed E-state index contributed by atoms with van der Waals surface area (Å²) in [6, 6.07) is 19.3. The van der Waals surface area contributed by atoms with E-state index in [1.165, 1.54) is 27.8 Å². The molecule has 0 atom stereocenters. The summed E-state index contributed by atoms with van der Waals surface area (Å²) < 4.78 is 5.53. The fourth-order valence-corrected chi connectivity index (χ4v) is 4.73. The van der Waals surface area contributed by atoms with E-state index < -0.39 is 5.41 Å². The number of carbonyl (C=O) groups is 1. The summed E-state index contributed by atoms with van der Waals surface area (Å²) in [6.07, 6.45) is 10.6. The predicted molar refractivity (Wildman–Crippen MR) is 144 cm³/mol. The third-order valence-corrected chi connectivity index (χ3v) is 7.24. The van der Waals surface area contributed by atoms with Crippen LogP contribution in [0.1, 0.15) is 43.9 Å². The van der Waals surface area contributed by atoms with Gasteiger partial charge in [-0.15, -0.1) is 0 Å². The third-order valence-electron chi connectivity index (χ3n) is 5.85. The lowest BCUT2D eigenvalue weighted by molar-refractivity contribution is -0.152. The predicted octanol–water partition coefficient (Wildman–Crippen LogP) is 6.48. The Morgan fingerprint density at radius 3 is 2.29 bits per heavy atom. The van der Waals surface area contributed by atoms with Crippen molar-refractivity contribution < 1.29 is 14.6 Å². The number of ether oxygens (including phenoxy) is 1. The van der Waals surface area contributed by atoms with Crippen molar-refractivity contribution in [2.45, 2.75) is 33.6 Å². The maximum Gasteiger partial charge on any atom is 0.312 e. The first kappa shape index (κ1) is 26.1. The Kier molecular flexibility index (Phi) is 9.79. The molecule has 1 aliphatic rings. The van der Waals surface area contributed by atoms with Gasteiger partial charge in [-0.3, -0.25) is 4.79 Å². The molecular formula is C30H36O3S. The van der Waals surface area contributed by atoms with E-state index in [0.29, 0.717) is 24.0 Å². The maximum absolute atomic E-state index is 12.4. The minimum Gasteiger partial charge on any atom is -0.465 e. The molecule has 0 saturated carbocycles. The fraction of sp³-hybridized carbons (Fsp3) is 0.367. The number of thioether (sulfide) groups is 1. The summed E-state index contributed by atoms with van der Waals surface area (Å²) in [6.45, 7) is 6.53. The minimum absolute atomic E-state index is 0.130. The fourth-order valence-electron chi connectivity index (χ4n) is 3.83. The second-order valence-corrected chi connectivity index (χ2v) is 10.5. The smallest absolute Gasteiger partial charge is 0.312 e. The molecule has 0 radical (unpaired) electrons.